The van der Waals surface area contributed by atoms with Crippen LogP contribution in [-0.4, -0.2) is 22.3 Å². The summed E-state index contributed by atoms with van der Waals surface area (Å²) in [5.74, 6) is -0.118. The maximum absolute atomic E-state index is 11.4. The van der Waals surface area contributed by atoms with E-state index in [1.54, 1.807) is 6.92 Å². The molecule has 0 saturated heterocycles. The maximum Gasteiger partial charge on any atom is 0.154 e. The first kappa shape index (κ1) is 23.0. The van der Waals surface area contributed by atoms with E-state index in [0.29, 0.717) is 24.7 Å². The molecule has 1 aromatic carbocycles. The van der Waals surface area contributed by atoms with Gasteiger partial charge in [-0.3, -0.25) is 9.59 Å². The minimum atomic E-state index is -0.218. The number of hydrogen-bond acceptors (Lipinski definition) is 4. The van der Waals surface area contributed by atoms with Crippen molar-refractivity contribution in [3.8, 4) is 11.5 Å². The van der Waals surface area contributed by atoms with E-state index in [2.05, 4.69) is 6.08 Å². The molecule has 0 aromatic heterocycles. The number of aromatic hydroxyl groups is 2. The summed E-state index contributed by atoms with van der Waals surface area (Å²) in [6.45, 7) is 7.48. The lowest BCUT2D eigenvalue weighted by Gasteiger charge is -2.13. The highest BCUT2D eigenvalue weighted by Gasteiger charge is 2.19. The number of phenols is 2. The molecule has 0 aliphatic heterocycles. The third kappa shape index (κ3) is 6.55. The molecular formula is C22H29ClO4. The highest BCUT2D eigenvalue weighted by molar-refractivity contribution is 6.33. The third-order valence-corrected chi connectivity index (χ3v) is 5.23. The van der Waals surface area contributed by atoms with E-state index in [1.807, 2.05) is 26.8 Å². The summed E-state index contributed by atoms with van der Waals surface area (Å²) in [6.07, 6.45) is 8.57. The molecule has 0 bridgehead atoms. The van der Waals surface area contributed by atoms with Crippen molar-refractivity contribution >= 4 is 23.7 Å². The van der Waals surface area contributed by atoms with Crippen molar-refractivity contribution in [2.45, 2.75) is 66.2 Å². The van der Waals surface area contributed by atoms with E-state index in [9.17, 15) is 19.8 Å². The zero-order chi connectivity index (χ0) is 20.6. The second-order valence-electron chi connectivity index (χ2n) is 6.88. The summed E-state index contributed by atoms with van der Waals surface area (Å²) in [6, 6.07) is 0. The fraction of sp³-hybridized carbons (Fsp3) is 0.455. The van der Waals surface area contributed by atoms with Crippen LogP contribution in [0.15, 0.2) is 23.3 Å². The van der Waals surface area contributed by atoms with Crippen molar-refractivity contribution in [1.29, 1.82) is 0 Å². The van der Waals surface area contributed by atoms with Gasteiger partial charge in [-0.25, -0.2) is 0 Å². The highest BCUT2D eigenvalue weighted by atomic mass is 35.5. The Morgan fingerprint density at radius 2 is 1.67 bits per heavy atom. The lowest BCUT2D eigenvalue weighted by Crippen LogP contribution is -1.96. The number of ketones is 1. The normalized spacial score (nSPS) is 12.3. The number of benzene rings is 1. The molecule has 148 valence electrons. The maximum atomic E-state index is 11.4. The molecular weight excluding hydrogens is 364 g/mol. The number of allylic oxidation sites excluding steroid dienone is 4. The van der Waals surface area contributed by atoms with Crippen molar-refractivity contribution in [3.05, 3.63) is 45.0 Å². The van der Waals surface area contributed by atoms with E-state index < -0.39 is 0 Å². The number of aldehydes is 1. The minimum absolute atomic E-state index is 0.0936. The van der Waals surface area contributed by atoms with Gasteiger partial charge in [0, 0.05) is 18.4 Å². The molecule has 27 heavy (non-hydrogen) atoms. The van der Waals surface area contributed by atoms with Crippen molar-refractivity contribution < 1.29 is 19.8 Å². The molecule has 2 N–H and O–H groups in total. The van der Waals surface area contributed by atoms with Gasteiger partial charge < -0.3 is 10.2 Å². The molecule has 1 aromatic rings. The van der Waals surface area contributed by atoms with Gasteiger partial charge in [0.2, 0.25) is 0 Å². The molecule has 0 spiro atoms. The quantitative estimate of drug-likeness (QED) is 0.387. The first-order chi connectivity index (χ1) is 12.7. The Kier molecular flexibility index (Phi) is 9.30. The Balaban J connectivity index is 2.74. The lowest BCUT2D eigenvalue weighted by molar-refractivity contribution is -0.118. The van der Waals surface area contributed by atoms with Crippen molar-refractivity contribution in [2.24, 2.45) is 0 Å². The van der Waals surface area contributed by atoms with Crippen LogP contribution >= 0.6 is 11.6 Å². The molecule has 0 saturated carbocycles. The zero-order valence-corrected chi connectivity index (χ0v) is 17.3. The Hall–Kier alpha value is -2.07. The van der Waals surface area contributed by atoms with Crippen molar-refractivity contribution in [2.75, 3.05) is 0 Å². The molecule has 0 atom stereocenters. The largest absolute Gasteiger partial charge is 0.507 e. The van der Waals surface area contributed by atoms with Crippen LogP contribution in [0, 0.1) is 6.92 Å². The summed E-state index contributed by atoms with van der Waals surface area (Å²) in [7, 11) is 0. The Morgan fingerprint density at radius 3 is 2.26 bits per heavy atom. The first-order valence-corrected chi connectivity index (χ1v) is 9.61. The summed E-state index contributed by atoms with van der Waals surface area (Å²) in [4.78, 5) is 22.5. The van der Waals surface area contributed by atoms with Crippen LogP contribution in [0.3, 0.4) is 0 Å². The number of rotatable bonds is 10. The zero-order valence-electron chi connectivity index (χ0n) is 16.6. The van der Waals surface area contributed by atoms with E-state index in [1.165, 1.54) is 5.57 Å². The lowest BCUT2D eigenvalue weighted by atomic mass is 9.98. The number of carbonyl (C=O) groups is 2. The number of hydrogen-bond donors (Lipinski definition) is 2. The van der Waals surface area contributed by atoms with Gasteiger partial charge in [0.05, 0.1) is 10.6 Å². The highest BCUT2D eigenvalue weighted by Crippen LogP contribution is 2.40. The van der Waals surface area contributed by atoms with Crippen LogP contribution in [0.25, 0.3) is 0 Å². The van der Waals surface area contributed by atoms with E-state index in [-0.39, 0.29) is 39.9 Å². The average molecular weight is 393 g/mol. The smallest absolute Gasteiger partial charge is 0.154 e. The molecule has 0 unspecified atom stereocenters. The predicted molar refractivity (Wildman–Crippen MR) is 110 cm³/mol. The number of carbonyl (C=O) groups excluding carboxylic acids is 2. The van der Waals surface area contributed by atoms with Gasteiger partial charge in [-0.1, -0.05) is 41.8 Å². The van der Waals surface area contributed by atoms with Crippen molar-refractivity contribution in [1.82, 2.24) is 0 Å². The van der Waals surface area contributed by atoms with E-state index in [4.69, 9.17) is 11.6 Å². The van der Waals surface area contributed by atoms with Crippen LogP contribution in [0.1, 0.15) is 74.4 Å². The first-order valence-electron chi connectivity index (χ1n) is 9.23. The Bertz CT molecular complexity index is 760. The van der Waals surface area contributed by atoms with E-state index in [0.717, 1.165) is 24.8 Å². The van der Waals surface area contributed by atoms with Gasteiger partial charge in [0.1, 0.15) is 17.3 Å². The fourth-order valence-corrected chi connectivity index (χ4v) is 2.97. The summed E-state index contributed by atoms with van der Waals surface area (Å²) < 4.78 is 0. The summed E-state index contributed by atoms with van der Waals surface area (Å²) in [5, 5.41) is 20.5. The molecule has 0 heterocycles. The van der Waals surface area contributed by atoms with E-state index >= 15 is 0 Å². The molecule has 0 aliphatic rings. The van der Waals surface area contributed by atoms with Gasteiger partial charge in [-0.15, -0.1) is 0 Å². The predicted octanol–water partition coefficient (Wildman–Crippen LogP) is 5.85. The number of halogens is 1. The second kappa shape index (κ2) is 10.9. The molecule has 5 heteroatoms. The molecule has 0 fully saturated rings. The molecule has 0 amide bonds. The Labute approximate surface area is 166 Å². The average Bonchev–Trinajstić information content (AvgIpc) is 2.64. The standard InChI is InChI=1S/C22H29ClO4/c1-5-17(25)11-9-14(2)7-6-8-15(3)10-12-18-21(26)19(13-24)16(4)20(23)22(18)27/h7,10,13,26-27H,5-6,8-9,11-12H2,1-4H3/b14-7+,15-10+. The molecule has 0 aliphatic carbocycles. The number of Topliss-reactive ketones (excluding diaryl/α,β-unsaturated/α-hetero) is 1. The van der Waals surface area contributed by atoms with Crippen LogP contribution in [0.5, 0.6) is 11.5 Å². The molecule has 4 nitrogen and oxygen atoms in total. The molecule has 0 radical (unpaired) electrons. The monoisotopic (exact) mass is 392 g/mol. The van der Waals surface area contributed by atoms with Gasteiger partial charge in [0.15, 0.2) is 6.29 Å². The van der Waals surface area contributed by atoms with Crippen LogP contribution in [-0.2, 0) is 11.2 Å². The third-order valence-electron chi connectivity index (χ3n) is 4.76. The second-order valence-corrected chi connectivity index (χ2v) is 7.26. The number of phenolic OH excluding ortho intramolecular Hbond substituents is 2. The molecule has 1 rings (SSSR count). The fourth-order valence-electron chi connectivity index (χ4n) is 2.76. The van der Waals surface area contributed by atoms with Gasteiger partial charge in [-0.2, -0.15) is 0 Å². The minimum Gasteiger partial charge on any atom is -0.507 e. The van der Waals surface area contributed by atoms with Gasteiger partial charge >= 0.3 is 0 Å². The summed E-state index contributed by atoms with van der Waals surface area (Å²) >= 11 is 6.06. The topological polar surface area (TPSA) is 74.6 Å². The van der Waals surface area contributed by atoms with Gasteiger partial charge in [-0.05, 0) is 52.0 Å². The van der Waals surface area contributed by atoms with Crippen molar-refractivity contribution in [3.63, 3.8) is 0 Å². The van der Waals surface area contributed by atoms with Crippen LogP contribution < -0.4 is 0 Å². The summed E-state index contributed by atoms with van der Waals surface area (Å²) in [5.41, 5.74) is 3.05. The SMILES string of the molecule is CCC(=O)CC/C(C)=C/CC/C(C)=C/Cc1c(O)c(Cl)c(C)c(C=O)c1O. The van der Waals surface area contributed by atoms with Crippen LogP contribution in [0.4, 0.5) is 0 Å². The Morgan fingerprint density at radius 1 is 1.04 bits per heavy atom. The van der Waals surface area contributed by atoms with Gasteiger partial charge in [0.25, 0.3) is 0 Å². The van der Waals surface area contributed by atoms with Crippen LogP contribution in [0.2, 0.25) is 5.02 Å².